The van der Waals surface area contributed by atoms with E-state index >= 15 is 0 Å². The van der Waals surface area contributed by atoms with Crippen molar-refractivity contribution >= 4 is 28.5 Å². The number of halogens is 1. The number of phenolic OH excluding ortho intramolecular Hbond substituents is 1. The van der Waals surface area contributed by atoms with Crippen molar-refractivity contribution in [2.45, 2.75) is 19.5 Å². The Labute approximate surface area is 178 Å². The number of carbonyl (C=O) groups excluding carboxylic acids is 2. The van der Waals surface area contributed by atoms with Gasteiger partial charge in [0, 0.05) is 50.4 Å². The Bertz CT molecular complexity index is 1210. The average molecular weight is 420 g/mol. The van der Waals surface area contributed by atoms with Crippen LogP contribution < -0.4 is 4.90 Å². The molecule has 0 atom stereocenters. The third-order valence-electron chi connectivity index (χ3n) is 5.95. The van der Waals surface area contributed by atoms with Crippen molar-refractivity contribution in [1.82, 2.24) is 14.8 Å². The smallest absolute Gasteiger partial charge is 0.324 e. The first-order chi connectivity index (χ1) is 15.0. The third kappa shape index (κ3) is 3.06. The first kappa shape index (κ1) is 19.3. The van der Waals surface area contributed by atoms with Crippen molar-refractivity contribution < 1.29 is 19.1 Å². The number of anilines is 1. The third-order valence-corrected chi connectivity index (χ3v) is 5.95. The molecule has 2 aliphatic heterocycles. The Morgan fingerprint density at radius 2 is 1.90 bits per heavy atom. The minimum Gasteiger partial charge on any atom is -0.505 e. The maximum Gasteiger partial charge on any atom is 0.324 e. The van der Waals surface area contributed by atoms with E-state index in [-0.39, 0.29) is 42.2 Å². The molecular weight excluding hydrogens is 399 g/mol. The Balaban J connectivity index is 1.64. The summed E-state index contributed by atoms with van der Waals surface area (Å²) in [5.41, 5.74) is 2.51. The summed E-state index contributed by atoms with van der Waals surface area (Å²) in [5.74, 6) is -0.841. The molecule has 0 bridgehead atoms. The van der Waals surface area contributed by atoms with E-state index in [0.717, 1.165) is 12.0 Å². The lowest BCUT2D eigenvalue weighted by Crippen LogP contribution is -2.48. The number of hydrogen-bond donors (Lipinski definition) is 1. The highest BCUT2D eigenvalue weighted by Crippen LogP contribution is 2.44. The number of fused-ring (bicyclic) bond motifs is 2. The van der Waals surface area contributed by atoms with Crippen LogP contribution in [0.1, 0.15) is 27.9 Å². The number of aromatic nitrogens is 1. The second-order valence-corrected chi connectivity index (χ2v) is 7.95. The highest BCUT2D eigenvalue weighted by Gasteiger charge is 2.38. The lowest BCUT2D eigenvalue weighted by atomic mass is 9.99. The first-order valence-corrected chi connectivity index (χ1v) is 10.1. The molecule has 31 heavy (non-hydrogen) atoms. The topological polar surface area (TPSA) is 77.0 Å². The lowest BCUT2D eigenvalue weighted by molar-refractivity contribution is 0.0764. The molecule has 3 amide bonds. The van der Waals surface area contributed by atoms with E-state index in [1.165, 1.54) is 12.1 Å². The summed E-state index contributed by atoms with van der Waals surface area (Å²) in [5, 5.41) is 11.6. The Morgan fingerprint density at radius 1 is 1.13 bits per heavy atom. The monoisotopic (exact) mass is 420 g/mol. The molecule has 3 aromatic rings. The zero-order valence-electron chi connectivity index (χ0n) is 17.0. The second-order valence-electron chi connectivity index (χ2n) is 7.95. The quantitative estimate of drug-likeness (QED) is 0.704. The fourth-order valence-electron chi connectivity index (χ4n) is 4.45. The minimum absolute atomic E-state index is 0.145. The average Bonchev–Trinajstić information content (AvgIpc) is 3.09. The summed E-state index contributed by atoms with van der Waals surface area (Å²) >= 11 is 0. The van der Waals surface area contributed by atoms with Gasteiger partial charge < -0.3 is 14.9 Å². The van der Waals surface area contributed by atoms with Gasteiger partial charge >= 0.3 is 6.03 Å². The van der Waals surface area contributed by atoms with Gasteiger partial charge in [0.05, 0.1) is 11.3 Å². The van der Waals surface area contributed by atoms with E-state index in [1.54, 1.807) is 46.1 Å². The van der Waals surface area contributed by atoms with Crippen LogP contribution in [-0.4, -0.2) is 52.0 Å². The van der Waals surface area contributed by atoms with E-state index in [0.29, 0.717) is 35.2 Å². The van der Waals surface area contributed by atoms with Crippen molar-refractivity contribution in [2.24, 2.45) is 0 Å². The number of urea groups is 1. The van der Waals surface area contributed by atoms with Gasteiger partial charge in [0.1, 0.15) is 11.3 Å². The van der Waals surface area contributed by atoms with Gasteiger partial charge in [-0.05, 0) is 36.2 Å². The summed E-state index contributed by atoms with van der Waals surface area (Å²) in [6.07, 6.45) is 2.35. The number of phenols is 1. The van der Waals surface area contributed by atoms with Crippen LogP contribution >= 0.6 is 0 Å². The summed E-state index contributed by atoms with van der Waals surface area (Å²) < 4.78 is 13.3. The normalized spacial score (nSPS) is 16.4. The van der Waals surface area contributed by atoms with Crippen LogP contribution in [0.25, 0.3) is 10.9 Å². The van der Waals surface area contributed by atoms with Crippen LogP contribution in [-0.2, 0) is 13.1 Å². The van der Waals surface area contributed by atoms with Crippen LogP contribution in [0.3, 0.4) is 0 Å². The maximum absolute atomic E-state index is 13.3. The van der Waals surface area contributed by atoms with E-state index in [9.17, 15) is 19.1 Å². The number of carbonyl (C=O) groups is 2. The molecule has 3 heterocycles. The maximum atomic E-state index is 13.3. The van der Waals surface area contributed by atoms with Crippen LogP contribution in [0.2, 0.25) is 0 Å². The van der Waals surface area contributed by atoms with Crippen LogP contribution in [0, 0.1) is 5.82 Å². The van der Waals surface area contributed by atoms with Crippen molar-refractivity contribution in [3.05, 3.63) is 65.1 Å². The number of amides is 3. The fourth-order valence-corrected chi connectivity index (χ4v) is 4.45. The number of nitrogens with zero attached hydrogens (tertiary/aromatic N) is 4. The zero-order valence-corrected chi connectivity index (χ0v) is 17.0. The Kier molecular flexibility index (Phi) is 4.50. The Hall–Kier alpha value is -3.68. The lowest BCUT2D eigenvalue weighted by Gasteiger charge is -2.35. The predicted molar refractivity (Wildman–Crippen MR) is 113 cm³/mol. The molecule has 7 nitrogen and oxygen atoms in total. The molecule has 0 aliphatic carbocycles. The largest absolute Gasteiger partial charge is 0.505 e. The van der Waals surface area contributed by atoms with Gasteiger partial charge in [0.15, 0.2) is 5.75 Å². The number of pyridine rings is 1. The van der Waals surface area contributed by atoms with Gasteiger partial charge in [-0.25, -0.2) is 9.18 Å². The minimum atomic E-state index is -0.343. The molecule has 5 rings (SSSR count). The van der Waals surface area contributed by atoms with Gasteiger partial charge in [-0.1, -0.05) is 12.1 Å². The molecule has 1 saturated heterocycles. The summed E-state index contributed by atoms with van der Waals surface area (Å²) in [6, 6.07) is 9.39. The summed E-state index contributed by atoms with van der Waals surface area (Å²) in [7, 11) is 1.75. The van der Waals surface area contributed by atoms with Crippen LogP contribution in [0.4, 0.5) is 14.9 Å². The second kappa shape index (κ2) is 7.23. The number of aromatic hydroxyl groups is 1. The molecule has 1 fully saturated rings. The molecule has 2 aliphatic rings. The highest BCUT2D eigenvalue weighted by atomic mass is 19.1. The molecule has 1 N–H and O–H groups in total. The number of hydrogen-bond acceptors (Lipinski definition) is 4. The molecular formula is C23H21FN4O3. The van der Waals surface area contributed by atoms with E-state index in [2.05, 4.69) is 4.98 Å². The van der Waals surface area contributed by atoms with Crippen molar-refractivity contribution in [1.29, 1.82) is 0 Å². The molecule has 8 heteroatoms. The predicted octanol–water partition coefficient (Wildman–Crippen LogP) is 3.50. The van der Waals surface area contributed by atoms with E-state index in [4.69, 9.17) is 0 Å². The molecule has 1 aromatic heterocycles. The molecule has 0 unspecified atom stereocenters. The summed E-state index contributed by atoms with van der Waals surface area (Å²) in [4.78, 5) is 35.5. The SMILES string of the molecule is CN1CCCN(c2c3c(c(O)c4ncccc24)C(=O)N(Cc2ccc(F)cc2)C3)C1=O. The molecule has 0 radical (unpaired) electrons. The standard InChI is InChI=1S/C23H21FN4O3/c1-26-10-3-11-28(23(26)31)20-16-4-2-9-25-19(16)21(29)18-17(20)13-27(22(18)30)12-14-5-7-15(24)8-6-14/h2,4-9,29H,3,10-13H2,1H3. The molecule has 2 aromatic carbocycles. The number of benzene rings is 2. The fraction of sp³-hybridized carbons (Fsp3) is 0.261. The van der Waals surface area contributed by atoms with Crippen LogP contribution in [0.5, 0.6) is 5.75 Å². The van der Waals surface area contributed by atoms with Crippen LogP contribution in [0.15, 0.2) is 42.6 Å². The zero-order chi connectivity index (χ0) is 21.7. The van der Waals surface area contributed by atoms with Gasteiger partial charge in [-0.15, -0.1) is 0 Å². The molecule has 158 valence electrons. The van der Waals surface area contributed by atoms with Gasteiger partial charge in [-0.3, -0.25) is 14.7 Å². The van der Waals surface area contributed by atoms with Gasteiger partial charge in [0.25, 0.3) is 5.91 Å². The van der Waals surface area contributed by atoms with Crippen molar-refractivity contribution in [3.8, 4) is 5.75 Å². The summed E-state index contributed by atoms with van der Waals surface area (Å²) in [6.45, 7) is 1.70. The highest BCUT2D eigenvalue weighted by molar-refractivity contribution is 6.14. The molecule has 0 spiro atoms. The number of rotatable bonds is 3. The van der Waals surface area contributed by atoms with Gasteiger partial charge in [-0.2, -0.15) is 0 Å². The van der Waals surface area contributed by atoms with Crippen molar-refractivity contribution in [2.75, 3.05) is 25.0 Å². The Morgan fingerprint density at radius 3 is 2.68 bits per heavy atom. The van der Waals surface area contributed by atoms with E-state index < -0.39 is 0 Å². The molecule has 0 saturated carbocycles. The van der Waals surface area contributed by atoms with Gasteiger partial charge in [0.2, 0.25) is 0 Å². The van der Waals surface area contributed by atoms with Crippen molar-refractivity contribution in [3.63, 3.8) is 0 Å². The first-order valence-electron chi connectivity index (χ1n) is 10.1. The van der Waals surface area contributed by atoms with E-state index in [1.807, 2.05) is 6.07 Å².